The van der Waals surface area contributed by atoms with Crippen molar-refractivity contribution in [3.8, 4) is 0 Å². The summed E-state index contributed by atoms with van der Waals surface area (Å²) in [5, 5.41) is 2.86. The van der Waals surface area contributed by atoms with Gasteiger partial charge in [-0.3, -0.25) is 0 Å². The second-order valence-electron chi connectivity index (χ2n) is 4.16. The molecule has 1 heterocycles. The summed E-state index contributed by atoms with van der Waals surface area (Å²) in [6.45, 7) is 0.464. The maximum Gasteiger partial charge on any atom is 0.283 e. The molecule has 6 heteroatoms. The third-order valence-corrected chi connectivity index (χ3v) is 2.89. The van der Waals surface area contributed by atoms with E-state index in [9.17, 15) is 8.78 Å². The Hall–Kier alpha value is -1.30. The summed E-state index contributed by atoms with van der Waals surface area (Å²) in [6, 6.07) is 0. The van der Waals surface area contributed by atoms with Crippen molar-refractivity contribution >= 4 is 5.82 Å². The molecule has 0 unspecified atom stereocenters. The van der Waals surface area contributed by atoms with E-state index in [4.69, 9.17) is 5.73 Å². The monoisotopic (exact) mass is 228 g/mol. The fraction of sp³-hybridized carbons (Fsp3) is 0.600. The SMILES string of the molecule is NC1(CNc2nccnc2C(F)F)CCC1. The van der Waals surface area contributed by atoms with Gasteiger partial charge in [-0.25, -0.2) is 18.7 Å². The predicted molar refractivity (Wildman–Crippen MR) is 56.2 cm³/mol. The molecule has 0 bridgehead atoms. The van der Waals surface area contributed by atoms with Crippen molar-refractivity contribution in [1.29, 1.82) is 0 Å². The molecule has 1 aliphatic carbocycles. The maximum absolute atomic E-state index is 12.6. The second-order valence-corrected chi connectivity index (χ2v) is 4.16. The quantitative estimate of drug-likeness (QED) is 0.823. The number of nitrogens with two attached hydrogens (primary N) is 1. The van der Waals surface area contributed by atoms with Crippen LogP contribution in [0.1, 0.15) is 31.4 Å². The van der Waals surface area contributed by atoms with E-state index in [1.165, 1.54) is 12.4 Å². The van der Waals surface area contributed by atoms with Crippen LogP contribution in [0.25, 0.3) is 0 Å². The van der Waals surface area contributed by atoms with Crippen LogP contribution in [0, 0.1) is 0 Å². The molecule has 0 aromatic carbocycles. The van der Waals surface area contributed by atoms with Crippen LogP contribution in [-0.4, -0.2) is 22.1 Å². The number of rotatable bonds is 4. The Morgan fingerprint density at radius 3 is 2.62 bits per heavy atom. The minimum Gasteiger partial charge on any atom is -0.367 e. The van der Waals surface area contributed by atoms with Crippen LogP contribution in [0.4, 0.5) is 14.6 Å². The summed E-state index contributed by atoms with van der Waals surface area (Å²) in [7, 11) is 0. The summed E-state index contributed by atoms with van der Waals surface area (Å²) >= 11 is 0. The third-order valence-electron chi connectivity index (χ3n) is 2.89. The Bertz CT molecular complexity index is 366. The van der Waals surface area contributed by atoms with Gasteiger partial charge in [-0.2, -0.15) is 0 Å². The average molecular weight is 228 g/mol. The highest BCUT2D eigenvalue weighted by Crippen LogP contribution is 2.30. The Labute approximate surface area is 92.3 Å². The zero-order chi connectivity index (χ0) is 11.6. The minimum absolute atomic E-state index is 0.134. The lowest BCUT2D eigenvalue weighted by molar-refractivity contribution is 0.146. The van der Waals surface area contributed by atoms with Crippen molar-refractivity contribution in [1.82, 2.24) is 9.97 Å². The highest BCUT2D eigenvalue weighted by molar-refractivity contribution is 5.40. The van der Waals surface area contributed by atoms with Crippen molar-refractivity contribution in [2.45, 2.75) is 31.2 Å². The first-order valence-electron chi connectivity index (χ1n) is 5.22. The Kier molecular flexibility index (Phi) is 3.00. The van der Waals surface area contributed by atoms with Gasteiger partial charge in [0.1, 0.15) is 5.69 Å². The first-order valence-corrected chi connectivity index (χ1v) is 5.22. The molecule has 0 spiro atoms. The van der Waals surface area contributed by atoms with Crippen molar-refractivity contribution in [3.63, 3.8) is 0 Å². The highest BCUT2D eigenvalue weighted by Gasteiger charge is 2.32. The molecule has 1 aromatic rings. The maximum atomic E-state index is 12.6. The summed E-state index contributed by atoms with van der Waals surface area (Å²) < 4.78 is 25.1. The molecule has 1 aliphatic rings. The zero-order valence-corrected chi connectivity index (χ0v) is 8.79. The van der Waals surface area contributed by atoms with E-state index in [1.807, 2.05) is 0 Å². The van der Waals surface area contributed by atoms with Gasteiger partial charge in [0.15, 0.2) is 5.82 Å². The molecule has 16 heavy (non-hydrogen) atoms. The Morgan fingerprint density at radius 2 is 2.06 bits per heavy atom. The number of hydrogen-bond donors (Lipinski definition) is 2. The van der Waals surface area contributed by atoms with Crippen LogP contribution in [0.3, 0.4) is 0 Å². The van der Waals surface area contributed by atoms with Crippen molar-refractivity contribution in [3.05, 3.63) is 18.1 Å². The molecule has 0 amide bonds. The van der Waals surface area contributed by atoms with E-state index < -0.39 is 6.43 Å². The average Bonchev–Trinajstić information content (AvgIpc) is 2.24. The predicted octanol–water partition coefficient (Wildman–Crippen LogP) is 1.71. The van der Waals surface area contributed by atoms with E-state index in [0.717, 1.165) is 19.3 Å². The molecule has 1 fully saturated rings. The van der Waals surface area contributed by atoms with Gasteiger partial charge in [0, 0.05) is 24.5 Å². The van der Waals surface area contributed by atoms with Crippen LogP contribution in [0.2, 0.25) is 0 Å². The van der Waals surface area contributed by atoms with Gasteiger partial charge in [0.2, 0.25) is 0 Å². The number of nitrogens with one attached hydrogen (secondary N) is 1. The summed E-state index contributed by atoms with van der Waals surface area (Å²) in [5.74, 6) is 0.134. The van der Waals surface area contributed by atoms with Gasteiger partial charge >= 0.3 is 0 Å². The van der Waals surface area contributed by atoms with Gasteiger partial charge < -0.3 is 11.1 Å². The van der Waals surface area contributed by atoms with E-state index in [0.29, 0.717) is 6.54 Å². The molecule has 0 saturated heterocycles. The van der Waals surface area contributed by atoms with Crippen molar-refractivity contribution < 1.29 is 8.78 Å². The van der Waals surface area contributed by atoms with E-state index >= 15 is 0 Å². The van der Waals surface area contributed by atoms with E-state index in [-0.39, 0.29) is 17.1 Å². The smallest absolute Gasteiger partial charge is 0.283 e. The molecule has 0 aliphatic heterocycles. The normalized spacial score (nSPS) is 18.2. The lowest BCUT2D eigenvalue weighted by atomic mass is 9.78. The standard InChI is InChI=1S/C10H14F2N4/c11-8(12)7-9(15-5-4-14-7)16-6-10(13)2-1-3-10/h4-5,8H,1-3,6,13H2,(H,15,16). The molecule has 88 valence electrons. The van der Waals surface area contributed by atoms with Crippen LogP contribution in [0.15, 0.2) is 12.4 Å². The van der Waals surface area contributed by atoms with Gasteiger partial charge in [-0.1, -0.05) is 0 Å². The first-order chi connectivity index (χ1) is 7.61. The van der Waals surface area contributed by atoms with Crippen molar-refractivity contribution in [2.24, 2.45) is 5.73 Å². The van der Waals surface area contributed by atoms with Crippen LogP contribution in [0.5, 0.6) is 0 Å². The molecule has 2 rings (SSSR count). The molecule has 3 N–H and O–H groups in total. The van der Waals surface area contributed by atoms with Crippen molar-refractivity contribution in [2.75, 3.05) is 11.9 Å². The number of hydrogen-bond acceptors (Lipinski definition) is 4. The number of nitrogens with zero attached hydrogens (tertiary/aromatic N) is 2. The number of aromatic nitrogens is 2. The van der Waals surface area contributed by atoms with Crippen LogP contribution in [-0.2, 0) is 0 Å². The van der Waals surface area contributed by atoms with Crippen LogP contribution < -0.4 is 11.1 Å². The molecule has 0 atom stereocenters. The first kappa shape index (κ1) is 11.2. The Balaban J connectivity index is 2.03. The fourth-order valence-electron chi connectivity index (χ4n) is 1.71. The lowest BCUT2D eigenvalue weighted by Crippen LogP contribution is -2.52. The van der Waals surface area contributed by atoms with E-state index in [1.54, 1.807) is 0 Å². The summed E-state index contributed by atoms with van der Waals surface area (Å²) in [6.07, 6.45) is 2.97. The number of anilines is 1. The van der Waals surface area contributed by atoms with Gasteiger partial charge in [-0.05, 0) is 19.3 Å². The van der Waals surface area contributed by atoms with Crippen LogP contribution >= 0.6 is 0 Å². The topological polar surface area (TPSA) is 63.8 Å². The molecule has 0 radical (unpaired) electrons. The number of alkyl halides is 2. The van der Waals surface area contributed by atoms with E-state index in [2.05, 4.69) is 15.3 Å². The Morgan fingerprint density at radius 1 is 1.38 bits per heavy atom. The second kappa shape index (κ2) is 4.29. The highest BCUT2D eigenvalue weighted by atomic mass is 19.3. The van der Waals surface area contributed by atoms with Gasteiger partial charge in [0.25, 0.3) is 6.43 Å². The fourth-order valence-corrected chi connectivity index (χ4v) is 1.71. The summed E-state index contributed by atoms with van der Waals surface area (Å²) in [5.41, 5.74) is 5.40. The largest absolute Gasteiger partial charge is 0.367 e. The lowest BCUT2D eigenvalue weighted by Gasteiger charge is -2.38. The molecular weight excluding hydrogens is 214 g/mol. The summed E-state index contributed by atoms with van der Waals surface area (Å²) in [4.78, 5) is 7.46. The minimum atomic E-state index is -2.62. The molecule has 1 saturated carbocycles. The van der Waals surface area contributed by atoms with Gasteiger partial charge in [0.05, 0.1) is 0 Å². The number of halogens is 2. The zero-order valence-electron chi connectivity index (χ0n) is 8.79. The molecule has 4 nitrogen and oxygen atoms in total. The molecule has 1 aromatic heterocycles. The third kappa shape index (κ3) is 2.27. The molecular formula is C10H14F2N4. The van der Waals surface area contributed by atoms with Gasteiger partial charge in [-0.15, -0.1) is 0 Å².